The number of carboxylic acid groups (broad SMARTS) is 1. The molecule has 27 heavy (non-hydrogen) atoms. The van der Waals surface area contributed by atoms with Crippen molar-refractivity contribution in [1.29, 1.82) is 0 Å². The Bertz CT molecular complexity index is 546. The Morgan fingerprint density at radius 1 is 1.22 bits per heavy atom. The summed E-state index contributed by atoms with van der Waals surface area (Å²) in [5.74, 6) is 1.13. The van der Waals surface area contributed by atoms with Crippen molar-refractivity contribution < 1.29 is 20.1 Å². The molecule has 5 heteroatoms. The third kappa shape index (κ3) is 4.25. The first kappa shape index (κ1) is 22.4. The van der Waals surface area contributed by atoms with Gasteiger partial charge in [-0.2, -0.15) is 0 Å². The van der Waals surface area contributed by atoms with Gasteiger partial charge in [-0.1, -0.05) is 26.0 Å². The van der Waals surface area contributed by atoms with Gasteiger partial charge in [-0.05, 0) is 86.0 Å². The van der Waals surface area contributed by atoms with Crippen molar-refractivity contribution in [3.05, 3.63) is 12.2 Å². The van der Waals surface area contributed by atoms with E-state index in [1.54, 1.807) is 0 Å². The summed E-state index contributed by atoms with van der Waals surface area (Å²) in [6.07, 6.45) is 7.19. The Morgan fingerprint density at radius 3 is 2.41 bits per heavy atom. The van der Waals surface area contributed by atoms with Gasteiger partial charge in [-0.3, -0.25) is 4.79 Å². The van der Waals surface area contributed by atoms with E-state index in [-0.39, 0.29) is 29.5 Å². The number of allylic oxidation sites excluding steroid dienone is 1. The van der Waals surface area contributed by atoms with Crippen molar-refractivity contribution >= 4 is 5.97 Å². The quantitative estimate of drug-likeness (QED) is 0.562. The number of aliphatic hydroxyl groups excluding tert-OH is 2. The maximum absolute atomic E-state index is 10.0. The molecule has 7 atom stereocenters. The second-order valence-corrected chi connectivity index (χ2v) is 9.54. The van der Waals surface area contributed by atoms with E-state index in [1.165, 1.54) is 24.8 Å². The van der Waals surface area contributed by atoms with Crippen LogP contribution in [-0.2, 0) is 4.79 Å². The number of fused-ring (bicyclic) bond motifs is 1. The molecule has 156 valence electrons. The number of rotatable bonds is 3. The number of nitrogens with two attached hydrogens (primary N) is 1. The fraction of sp³-hybridized carbons (Fsp3) is 0.864. The molecule has 0 aliphatic heterocycles. The Labute approximate surface area is 164 Å². The molecule has 3 fully saturated rings. The van der Waals surface area contributed by atoms with Gasteiger partial charge in [0.05, 0.1) is 6.10 Å². The van der Waals surface area contributed by atoms with Crippen molar-refractivity contribution in [1.82, 2.24) is 0 Å². The first-order valence-electron chi connectivity index (χ1n) is 10.5. The molecular formula is C22H39NO4. The summed E-state index contributed by atoms with van der Waals surface area (Å²) in [6.45, 7) is 11.1. The second kappa shape index (κ2) is 8.62. The molecule has 5 N–H and O–H groups in total. The monoisotopic (exact) mass is 381 g/mol. The van der Waals surface area contributed by atoms with Gasteiger partial charge in [-0.25, -0.2) is 0 Å². The van der Waals surface area contributed by atoms with Gasteiger partial charge in [-0.15, -0.1) is 0 Å². The summed E-state index contributed by atoms with van der Waals surface area (Å²) in [5, 5.41) is 27.4. The summed E-state index contributed by atoms with van der Waals surface area (Å²) >= 11 is 0. The van der Waals surface area contributed by atoms with E-state index in [9.17, 15) is 10.2 Å². The number of carboxylic acids is 1. The molecule has 0 spiro atoms. The smallest absolute Gasteiger partial charge is 0.300 e. The van der Waals surface area contributed by atoms with E-state index in [1.807, 2.05) is 0 Å². The zero-order valence-electron chi connectivity index (χ0n) is 17.3. The Hall–Kier alpha value is -0.910. The van der Waals surface area contributed by atoms with E-state index < -0.39 is 5.97 Å². The van der Waals surface area contributed by atoms with E-state index in [0.29, 0.717) is 17.8 Å². The predicted molar refractivity (Wildman–Crippen MR) is 107 cm³/mol. The zero-order chi connectivity index (χ0) is 20.4. The Balaban J connectivity index is 0.000000596. The van der Waals surface area contributed by atoms with E-state index in [0.717, 1.165) is 39.2 Å². The van der Waals surface area contributed by atoms with Crippen molar-refractivity contribution in [2.24, 2.45) is 40.2 Å². The van der Waals surface area contributed by atoms with E-state index >= 15 is 0 Å². The molecule has 0 bridgehead atoms. The lowest BCUT2D eigenvalue weighted by Crippen LogP contribution is -2.52. The molecule has 3 unspecified atom stereocenters. The fourth-order valence-electron chi connectivity index (χ4n) is 6.51. The van der Waals surface area contributed by atoms with Gasteiger partial charge < -0.3 is 21.1 Å². The molecule has 0 amide bonds. The molecule has 0 aromatic carbocycles. The maximum atomic E-state index is 10.0. The van der Waals surface area contributed by atoms with Crippen LogP contribution < -0.4 is 5.73 Å². The lowest BCUT2D eigenvalue weighted by molar-refractivity contribution is -0.134. The van der Waals surface area contributed by atoms with Gasteiger partial charge in [0.1, 0.15) is 0 Å². The topological polar surface area (TPSA) is 104 Å². The maximum Gasteiger partial charge on any atom is 0.300 e. The average Bonchev–Trinajstić information content (AvgIpc) is 2.91. The molecule has 5 nitrogen and oxygen atoms in total. The number of carbonyl (C=O) groups is 1. The molecule has 0 aromatic rings. The SMILES string of the molecule is C=C1CC[C@H]2C(CN)[C@@H]([C@@]3(C)CCC(O)CC3CO)CC[C@]12C.CC(=O)O. The van der Waals surface area contributed by atoms with Crippen LogP contribution >= 0.6 is 0 Å². The highest BCUT2D eigenvalue weighted by atomic mass is 16.4. The van der Waals surface area contributed by atoms with Crippen LogP contribution in [0.2, 0.25) is 0 Å². The zero-order valence-corrected chi connectivity index (χ0v) is 17.3. The Morgan fingerprint density at radius 2 is 1.85 bits per heavy atom. The molecule has 0 heterocycles. The Kier molecular flexibility index (Phi) is 7.15. The van der Waals surface area contributed by atoms with Crippen LogP contribution in [0.3, 0.4) is 0 Å². The second-order valence-electron chi connectivity index (χ2n) is 9.54. The molecule has 3 rings (SSSR count). The van der Waals surface area contributed by atoms with Gasteiger partial charge in [0, 0.05) is 13.5 Å². The molecule has 0 aromatic heterocycles. The van der Waals surface area contributed by atoms with Crippen molar-refractivity contribution in [3.8, 4) is 0 Å². The van der Waals surface area contributed by atoms with E-state index in [4.69, 9.17) is 15.6 Å². The third-order valence-electron chi connectivity index (χ3n) is 8.24. The van der Waals surface area contributed by atoms with Gasteiger partial charge in [0.2, 0.25) is 0 Å². The van der Waals surface area contributed by atoms with Crippen LogP contribution in [0.1, 0.15) is 65.7 Å². The number of aliphatic carboxylic acids is 1. The van der Waals surface area contributed by atoms with Crippen LogP contribution in [0, 0.1) is 34.5 Å². The van der Waals surface area contributed by atoms with Crippen LogP contribution in [0.5, 0.6) is 0 Å². The summed E-state index contributed by atoms with van der Waals surface area (Å²) in [7, 11) is 0. The minimum absolute atomic E-state index is 0.114. The van der Waals surface area contributed by atoms with Crippen LogP contribution in [-0.4, -0.2) is 40.5 Å². The number of aliphatic hydroxyl groups is 2. The molecule has 3 aliphatic rings. The molecular weight excluding hydrogens is 342 g/mol. The molecule has 0 saturated heterocycles. The number of hydrogen-bond donors (Lipinski definition) is 4. The standard InChI is InChI=1S/C20H35NO2.C2H4O2/c1-13-4-5-17-16(11-21)18(7-9-19(13,17)2)20(3)8-6-15(23)10-14(20)12-22;1-2(3)4/h14-18,22-23H,1,4-12,21H2,2-3H3;1H3,(H,3,4)/t14?,15?,16?,17-,18-,19+,20-;/m0./s1. The molecule has 0 radical (unpaired) electrons. The highest BCUT2D eigenvalue weighted by molar-refractivity contribution is 5.62. The van der Waals surface area contributed by atoms with Crippen molar-refractivity contribution in [3.63, 3.8) is 0 Å². The van der Waals surface area contributed by atoms with Crippen LogP contribution in [0.15, 0.2) is 12.2 Å². The lowest BCUT2D eigenvalue weighted by atomic mass is 9.49. The van der Waals surface area contributed by atoms with E-state index in [2.05, 4.69) is 20.4 Å². The first-order valence-corrected chi connectivity index (χ1v) is 10.5. The van der Waals surface area contributed by atoms with Crippen molar-refractivity contribution in [2.45, 2.75) is 71.8 Å². The first-order chi connectivity index (χ1) is 12.6. The minimum atomic E-state index is -0.833. The van der Waals surface area contributed by atoms with Gasteiger partial charge in [0.25, 0.3) is 5.97 Å². The summed E-state index contributed by atoms with van der Waals surface area (Å²) < 4.78 is 0. The largest absolute Gasteiger partial charge is 0.481 e. The molecule has 3 saturated carbocycles. The average molecular weight is 382 g/mol. The van der Waals surface area contributed by atoms with Crippen molar-refractivity contribution in [2.75, 3.05) is 13.2 Å². The summed E-state index contributed by atoms with van der Waals surface area (Å²) in [5.41, 5.74) is 8.12. The highest BCUT2D eigenvalue weighted by Crippen LogP contribution is 2.63. The van der Waals surface area contributed by atoms with Gasteiger partial charge in [0.15, 0.2) is 0 Å². The number of hydrogen-bond acceptors (Lipinski definition) is 4. The highest BCUT2D eigenvalue weighted by Gasteiger charge is 2.56. The predicted octanol–water partition coefficient (Wildman–Crippen LogP) is 3.19. The van der Waals surface area contributed by atoms with Crippen LogP contribution in [0.25, 0.3) is 0 Å². The summed E-state index contributed by atoms with van der Waals surface area (Å²) in [6, 6.07) is 0. The lowest BCUT2D eigenvalue weighted by Gasteiger charge is -2.56. The van der Waals surface area contributed by atoms with Gasteiger partial charge >= 0.3 is 0 Å². The normalized spacial score (nSPS) is 44.2. The third-order valence-corrected chi connectivity index (χ3v) is 8.24. The minimum Gasteiger partial charge on any atom is -0.481 e. The molecule has 3 aliphatic carbocycles. The fourth-order valence-corrected chi connectivity index (χ4v) is 6.51. The van der Waals surface area contributed by atoms with Crippen LogP contribution in [0.4, 0.5) is 0 Å². The summed E-state index contributed by atoms with van der Waals surface area (Å²) in [4.78, 5) is 9.00.